The number of rotatable bonds is 10. The molecule has 1 aromatic rings. The van der Waals surface area contributed by atoms with Crippen molar-refractivity contribution >= 4 is 0 Å². The summed E-state index contributed by atoms with van der Waals surface area (Å²) in [6, 6.07) is 3.71. The first kappa shape index (κ1) is 24.2. The SMILES string of the molecule is CCCCC1CCC(c2ccc(CCC=CC3CC=C(CCC)CC3)c(F)c2F)CC1. The van der Waals surface area contributed by atoms with E-state index in [1.54, 1.807) is 5.57 Å². The fourth-order valence-corrected chi connectivity index (χ4v) is 5.53. The fraction of sp³-hybridized carbons (Fsp3) is 0.655. The summed E-state index contributed by atoms with van der Waals surface area (Å²) >= 11 is 0. The molecule has 0 heterocycles. The van der Waals surface area contributed by atoms with Gasteiger partial charge in [0.15, 0.2) is 11.6 Å². The van der Waals surface area contributed by atoms with Crippen LogP contribution in [0.15, 0.2) is 35.9 Å². The van der Waals surface area contributed by atoms with Gasteiger partial charge in [-0.1, -0.05) is 75.5 Å². The van der Waals surface area contributed by atoms with Crippen molar-refractivity contribution in [3.63, 3.8) is 0 Å². The quantitative estimate of drug-likeness (QED) is 0.325. The van der Waals surface area contributed by atoms with Crippen molar-refractivity contribution in [3.05, 3.63) is 58.7 Å². The maximum absolute atomic E-state index is 14.8. The molecule has 0 amide bonds. The summed E-state index contributed by atoms with van der Waals surface area (Å²) in [6.07, 6.45) is 22.4. The van der Waals surface area contributed by atoms with E-state index in [-0.39, 0.29) is 5.92 Å². The summed E-state index contributed by atoms with van der Waals surface area (Å²) in [6.45, 7) is 4.47. The summed E-state index contributed by atoms with van der Waals surface area (Å²) in [5.74, 6) is 0.395. The second-order valence-electron chi connectivity index (χ2n) is 9.92. The predicted octanol–water partition coefficient (Wildman–Crippen LogP) is 9.44. The first-order valence-electron chi connectivity index (χ1n) is 12.9. The molecular formula is C29H42F2. The van der Waals surface area contributed by atoms with Gasteiger partial charge in [0, 0.05) is 0 Å². The highest BCUT2D eigenvalue weighted by Gasteiger charge is 2.26. The Labute approximate surface area is 189 Å². The lowest BCUT2D eigenvalue weighted by Crippen LogP contribution is -2.15. The van der Waals surface area contributed by atoms with E-state index in [1.807, 2.05) is 12.1 Å². The van der Waals surface area contributed by atoms with Gasteiger partial charge in [-0.05, 0) is 93.1 Å². The third-order valence-electron chi connectivity index (χ3n) is 7.55. The van der Waals surface area contributed by atoms with Crippen LogP contribution in [0.1, 0.15) is 114 Å². The van der Waals surface area contributed by atoms with Gasteiger partial charge in [0.05, 0.1) is 0 Å². The molecule has 31 heavy (non-hydrogen) atoms. The van der Waals surface area contributed by atoms with Crippen molar-refractivity contribution in [2.75, 3.05) is 0 Å². The van der Waals surface area contributed by atoms with Crippen LogP contribution in [0.2, 0.25) is 0 Å². The second-order valence-corrected chi connectivity index (χ2v) is 9.92. The molecule has 0 aromatic heterocycles. The van der Waals surface area contributed by atoms with Crippen molar-refractivity contribution in [2.24, 2.45) is 11.8 Å². The summed E-state index contributed by atoms with van der Waals surface area (Å²) < 4.78 is 29.6. The zero-order valence-corrected chi connectivity index (χ0v) is 19.8. The fourth-order valence-electron chi connectivity index (χ4n) is 5.53. The third kappa shape index (κ3) is 7.02. The van der Waals surface area contributed by atoms with Crippen LogP contribution in [0, 0.1) is 23.5 Å². The Kier molecular flexibility index (Phi) is 9.81. The van der Waals surface area contributed by atoms with E-state index < -0.39 is 11.6 Å². The van der Waals surface area contributed by atoms with Gasteiger partial charge in [0.2, 0.25) is 0 Å². The second kappa shape index (κ2) is 12.6. The standard InChI is InChI=1S/C29H42F2/c1-3-5-9-23-16-18-25(19-17-23)27-21-20-26(28(30)29(27)31)11-7-6-10-24-14-12-22(8-4-2)13-15-24/h6,10,12,20-21,23-25H,3-5,7-9,11,13-19H2,1-2H3. The lowest BCUT2D eigenvalue weighted by molar-refractivity contribution is 0.299. The minimum atomic E-state index is -0.608. The molecule has 1 atom stereocenters. The number of benzene rings is 1. The minimum absolute atomic E-state index is 0.193. The van der Waals surface area contributed by atoms with E-state index in [1.165, 1.54) is 44.9 Å². The lowest BCUT2D eigenvalue weighted by Gasteiger charge is -2.29. The Balaban J connectivity index is 1.48. The average Bonchev–Trinajstić information content (AvgIpc) is 2.80. The monoisotopic (exact) mass is 428 g/mol. The van der Waals surface area contributed by atoms with Gasteiger partial charge in [-0.15, -0.1) is 0 Å². The number of hydrogen-bond donors (Lipinski definition) is 0. The number of halogens is 2. The number of unbranched alkanes of at least 4 members (excludes halogenated alkanes) is 1. The van der Waals surface area contributed by atoms with Gasteiger partial charge in [-0.2, -0.15) is 0 Å². The van der Waals surface area contributed by atoms with Crippen molar-refractivity contribution < 1.29 is 8.78 Å². The average molecular weight is 429 g/mol. The van der Waals surface area contributed by atoms with Crippen molar-refractivity contribution in [3.8, 4) is 0 Å². The summed E-state index contributed by atoms with van der Waals surface area (Å²) in [5, 5.41) is 0. The highest BCUT2D eigenvalue weighted by Crippen LogP contribution is 2.39. The third-order valence-corrected chi connectivity index (χ3v) is 7.55. The van der Waals surface area contributed by atoms with E-state index >= 15 is 0 Å². The zero-order valence-electron chi connectivity index (χ0n) is 19.8. The van der Waals surface area contributed by atoms with E-state index in [4.69, 9.17) is 0 Å². The molecule has 0 radical (unpaired) electrons. The molecule has 0 nitrogen and oxygen atoms in total. The molecule has 1 unspecified atom stereocenters. The van der Waals surface area contributed by atoms with Gasteiger partial charge in [0.1, 0.15) is 0 Å². The number of aryl methyl sites for hydroxylation is 1. The Morgan fingerprint density at radius 2 is 1.74 bits per heavy atom. The number of allylic oxidation sites excluding steroid dienone is 4. The molecule has 172 valence electrons. The van der Waals surface area contributed by atoms with Gasteiger partial charge in [-0.3, -0.25) is 0 Å². The first-order valence-corrected chi connectivity index (χ1v) is 12.9. The summed E-state index contributed by atoms with van der Waals surface area (Å²) in [7, 11) is 0. The van der Waals surface area contributed by atoms with E-state index in [0.29, 0.717) is 23.5 Å². The Hall–Kier alpha value is -1.44. The van der Waals surface area contributed by atoms with Crippen molar-refractivity contribution in [1.29, 1.82) is 0 Å². The zero-order chi connectivity index (χ0) is 22.1. The molecule has 0 bridgehead atoms. The molecule has 2 aliphatic rings. The van der Waals surface area contributed by atoms with Crippen LogP contribution >= 0.6 is 0 Å². The molecular weight excluding hydrogens is 386 g/mol. The Morgan fingerprint density at radius 3 is 2.42 bits per heavy atom. The minimum Gasteiger partial charge on any atom is -0.203 e. The van der Waals surface area contributed by atoms with Gasteiger partial charge in [0.25, 0.3) is 0 Å². The van der Waals surface area contributed by atoms with Crippen LogP contribution in [0.4, 0.5) is 8.78 Å². The number of hydrogen-bond acceptors (Lipinski definition) is 0. The molecule has 1 saturated carbocycles. The molecule has 2 aliphatic carbocycles. The van der Waals surface area contributed by atoms with Gasteiger partial charge in [-0.25, -0.2) is 8.78 Å². The van der Waals surface area contributed by atoms with E-state index in [9.17, 15) is 8.78 Å². The topological polar surface area (TPSA) is 0 Å². The van der Waals surface area contributed by atoms with E-state index in [2.05, 4.69) is 32.1 Å². The summed E-state index contributed by atoms with van der Waals surface area (Å²) in [5.41, 5.74) is 2.75. The van der Waals surface area contributed by atoms with Crippen LogP contribution in [0.5, 0.6) is 0 Å². The van der Waals surface area contributed by atoms with Crippen LogP contribution in [0.3, 0.4) is 0 Å². The molecule has 0 spiro atoms. The van der Waals surface area contributed by atoms with Crippen LogP contribution in [-0.4, -0.2) is 0 Å². The molecule has 0 N–H and O–H groups in total. The highest BCUT2D eigenvalue weighted by atomic mass is 19.2. The highest BCUT2D eigenvalue weighted by molar-refractivity contribution is 5.29. The predicted molar refractivity (Wildman–Crippen MR) is 128 cm³/mol. The molecule has 0 saturated heterocycles. The molecule has 3 rings (SSSR count). The Bertz CT molecular complexity index is 737. The maximum Gasteiger partial charge on any atom is 0.162 e. The van der Waals surface area contributed by atoms with Crippen molar-refractivity contribution in [1.82, 2.24) is 0 Å². The van der Waals surface area contributed by atoms with Crippen LogP contribution < -0.4 is 0 Å². The smallest absolute Gasteiger partial charge is 0.162 e. The molecule has 0 aliphatic heterocycles. The van der Waals surface area contributed by atoms with E-state index in [0.717, 1.165) is 44.4 Å². The molecule has 1 fully saturated rings. The maximum atomic E-state index is 14.8. The largest absolute Gasteiger partial charge is 0.203 e. The van der Waals surface area contributed by atoms with Gasteiger partial charge >= 0.3 is 0 Å². The molecule has 2 heteroatoms. The first-order chi connectivity index (χ1) is 15.1. The van der Waals surface area contributed by atoms with Crippen molar-refractivity contribution in [2.45, 2.75) is 110 Å². The molecule has 1 aromatic carbocycles. The lowest BCUT2D eigenvalue weighted by atomic mass is 9.76. The van der Waals surface area contributed by atoms with Crippen LogP contribution in [0.25, 0.3) is 0 Å². The Morgan fingerprint density at radius 1 is 0.935 bits per heavy atom. The normalized spacial score (nSPS) is 24.5. The van der Waals surface area contributed by atoms with Crippen LogP contribution in [-0.2, 0) is 6.42 Å². The summed E-state index contributed by atoms with van der Waals surface area (Å²) in [4.78, 5) is 0. The van der Waals surface area contributed by atoms with Gasteiger partial charge < -0.3 is 0 Å².